The summed E-state index contributed by atoms with van der Waals surface area (Å²) in [6.45, 7) is 2.16. The lowest BCUT2D eigenvalue weighted by atomic mass is 9.83. The van der Waals surface area contributed by atoms with Crippen LogP contribution in [0.3, 0.4) is 0 Å². The van der Waals surface area contributed by atoms with Gasteiger partial charge in [-0.25, -0.2) is 0 Å². The van der Waals surface area contributed by atoms with Crippen molar-refractivity contribution in [2.75, 3.05) is 13.6 Å². The quantitative estimate of drug-likeness (QED) is 0.289. The van der Waals surface area contributed by atoms with Crippen LogP contribution in [0.5, 0.6) is 0 Å². The molecular formula is C12H23N3O3. The zero-order chi connectivity index (χ0) is 13.8. The molecule has 0 aliphatic heterocycles. The van der Waals surface area contributed by atoms with Crippen LogP contribution in [0.4, 0.5) is 0 Å². The topological polar surface area (TPSA) is 99.2 Å². The Labute approximate surface area is 107 Å². The van der Waals surface area contributed by atoms with Crippen LogP contribution < -0.4 is 5.73 Å². The Morgan fingerprint density at radius 2 is 2.06 bits per heavy atom. The molecule has 1 unspecified atom stereocenters. The first-order chi connectivity index (χ1) is 8.44. The Balaban J connectivity index is 2.78. The van der Waals surface area contributed by atoms with Crippen molar-refractivity contribution in [3.8, 4) is 0 Å². The van der Waals surface area contributed by atoms with Gasteiger partial charge in [-0.1, -0.05) is 18.0 Å². The molecule has 1 aliphatic carbocycles. The van der Waals surface area contributed by atoms with Gasteiger partial charge in [0.25, 0.3) is 0 Å². The number of hydrogen-bond acceptors (Lipinski definition) is 4. The van der Waals surface area contributed by atoms with Crippen LogP contribution in [0, 0.1) is 5.41 Å². The van der Waals surface area contributed by atoms with E-state index in [1.165, 1.54) is 0 Å². The van der Waals surface area contributed by atoms with Crippen molar-refractivity contribution < 1.29 is 15.1 Å². The minimum absolute atomic E-state index is 0.00824. The second kappa shape index (κ2) is 6.04. The predicted molar refractivity (Wildman–Crippen MR) is 68.2 cm³/mol. The second-order valence-electron chi connectivity index (χ2n) is 5.14. The SMILES string of the molecule is CC(O)CCN(C)C(=O)C1(C(N)=NO)CCCC1. The molecule has 0 saturated heterocycles. The molecule has 1 atom stereocenters. The molecule has 0 heterocycles. The van der Waals surface area contributed by atoms with Gasteiger partial charge in [-0.15, -0.1) is 0 Å². The number of nitrogens with two attached hydrogens (primary N) is 1. The van der Waals surface area contributed by atoms with Crippen molar-refractivity contribution in [3.63, 3.8) is 0 Å². The van der Waals surface area contributed by atoms with E-state index in [1.54, 1.807) is 18.9 Å². The van der Waals surface area contributed by atoms with Crippen molar-refractivity contribution in [3.05, 3.63) is 0 Å². The molecule has 1 fully saturated rings. The number of amidine groups is 1. The molecule has 6 heteroatoms. The van der Waals surface area contributed by atoms with Crippen LogP contribution in [0.2, 0.25) is 0 Å². The van der Waals surface area contributed by atoms with Crippen LogP contribution in [0.15, 0.2) is 5.16 Å². The van der Waals surface area contributed by atoms with Crippen molar-refractivity contribution in [1.29, 1.82) is 0 Å². The van der Waals surface area contributed by atoms with Gasteiger partial charge in [0, 0.05) is 13.6 Å². The van der Waals surface area contributed by atoms with Crippen LogP contribution in [-0.2, 0) is 4.79 Å². The highest BCUT2D eigenvalue weighted by Crippen LogP contribution is 2.39. The van der Waals surface area contributed by atoms with E-state index in [4.69, 9.17) is 10.9 Å². The number of oxime groups is 1. The van der Waals surface area contributed by atoms with E-state index in [1.807, 2.05) is 0 Å². The van der Waals surface area contributed by atoms with Gasteiger partial charge in [-0.3, -0.25) is 4.79 Å². The monoisotopic (exact) mass is 257 g/mol. The van der Waals surface area contributed by atoms with E-state index in [2.05, 4.69) is 5.16 Å². The van der Waals surface area contributed by atoms with Gasteiger partial charge in [-0.2, -0.15) is 0 Å². The van der Waals surface area contributed by atoms with Gasteiger partial charge >= 0.3 is 0 Å². The molecule has 4 N–H and O–H groups in total. The molecule has 0 radical (unpaired) electrons. The van der Waals surface area contributed by atoms with E-state index < -0.39 is 11.5 Å². The lowest BCUT2D eigenvalue weighted by molar-refractivity contribution is -0.137. The van der Waals surface area contributed by atoms with E-state index in [0.717, 1.165) is 12.8 Å². The van der Waals surface area contributed by atoms with Gasteiger partial charge in [0.15, 0.2) is 5.84 Å². The molecule has 104 valence electrons. The van der Waals surface area contributed by atoms with Gasteiger partial charge in [0.2, 0.25) is 5.91 Å². The van der Waals surface area contributed by atoms with E-state index in [-0.39, 0.29) is 11.7 Å². The molecule has 1 aliphatic rings. The van der Waals surface area contributed by atoms with E-state index in [0.29, 0.717) is 25.8 Å². The molecular weight excluding hydrogens is 234 g/mol. The third kappa shape index (κ3) is 2.93. The number of aliphatic hydroxyl groups excluding tert-OH is 1. The van der Waals surface area contributed by atoms with Crippen molar-refractivity contribution in [2.24, 2.45) is 16.3 Å². The fraction of sp³-hybridized carbons (Fsp3) is 0.833. The Bertz CT molecular complexity index is 323. The van der Waals surface area contributed by atoms with Crippen LogP contribution >= 0.6 is 0 Å². The minimum atomic E-state index is -0.845. The number of carbonyl (C=O) groups excluding carboxylic acids is 1. The third-order valence-corrected chi connectivity index (χ3v) is 3.69. The van der Waals surface area contributed by atoms with Crippen LogP contribution in [0.25, 0.3) is 0 Å². The molecule has 0 spiro atoms. The molecule has 0 aromatic rings. The average Bonchev–Trinajstić information content (AvgIpc) is 2.84. The van der Waals surface area contributed by atoms with Crippen molar-refractivity contribution in [1.82, 2.24) is 4.90 Å². The number of nitrogens with zero attached hydrogens (tertiary/aromatic N) is 2. The molecule has 18 heavy (non-hydrogen) atoms. The Morgan fingerprint density at radius 1 is 1.50 bits per heavy atom. The summed E-state index contributed by atoms with van der Waals surface area (Å²) in [5.74, 6) is -0.107. The highest BCUT2D eigenvalue weighted by molar-refractivity contribution is 6.06. The maximum Gasteiger partial charge on any atom is 0.236 e. The summed E-state index contributed by atoms with van der Waals surface area (Å²) in [7, 11) is 1.69. The first-order valence-electron chi connectivity index (χ1n) is 6.35. The van der Waals surface area contributed by atoms with Crippen LogP contribution in [-0.4, -0.2) is 46.7 Å². The molecule has 1 saturated carbocycles. The van der Waals surface area contributed by atoms with Gasteiger partial charge in [-0.05, 0) is 26.2 Å². The number of aliphatic hydroxyl groups is 1. The average molecular weight is 257 g/mol. The fourth-order valence-corrected chi connectivity index (χ4v) is 2.50. The molecule has 6 nitrogen and oxygen atoms in total. The summed E-state index contributed by atoms with van der Waals surface area (Å²) in [6, 6.07) is 0. The lowest BCUT2D eigenvalue weighted by Crippen LogP contribution is -2.49. The first kappa shape index (κ1) is 14.8. The van der Waals surface area contributed by atoms with Crippen LogP contribution in [0.1, 0.15) is 39.0 Å². The molecule has 0 bridgehead atoms. The Morgan fingerprint density at radius 3 is 2.50 bits per heavy atom. The lowest BCUT2D eigenvalue weighted by Gasteiger charge is -2.31. The molecule has 0 aromatic carbocycles. The fourth-order valence-electron chi connectivity index (χ4n) is 2.50. The number of amides is 1. The third-order valence-electron chi connectivity index (χ3n) is 3.69. The summed E-state index contributed by atoms with van der Waals surface area (Å²) in [6.07, 6.45) is 3.15. The van der Waals surface area contributed by atoms with Gasteiger partial charge in [0.1, 0.15) is 5.41 Å². The van der Waals surface area contributed by atoms with Gasteiger partial charge in [0.05, 0.1) is 6.10 Å². The molecule has 1 rings (SSSR count). The van der Waals surface area contributed by atoms with E-state index in [9.17, 15) is 9.90 Å². The largest absolute Gasteiger partial charge is 0.409 e. The van der Waals surface area contributed by atoms with Crippen molar-refractivity contribution in [2.45, 2.75) is 45.1 Å². The summed E-state index contributed by atoms with van der Waals surface area (Å²) < 4.78 is 0. The first-order valence-corrected chi connectivity index (χ1v) is 6.35. The Hall–Kier alpha value is -1.30. The highest BCUT2D eigenvalue weighted by Gasteiger charge is 2.46. The predicted octanol–water partition coefficient (Wildman–Crippen LogP) is 0.522. The summed E-state index contributed by atoms with van der Waals surface area (Å²) in [5, 5.41) is 21.1. The number of hydrogen-bond donors (Lipinski definition) is 3. The zero-order valence-corrected chi connectivity index (χ0v) is 11.1. The maximum atomic E-state index is 12.5. The van der Waals surface area contributed by atoms with Gasteiger partial charge < -0.3 is 20.9 Å². The summed E-state index contributed by atoms with van der Waals surface area (Å²) in [4.78, 5) is 14.0. The minimum Gasteiger partial charge on any atom is -0.409 e. The normalized spacial score (nSPS) is 20.7. The smallest absolute Gasteiger partial charge is 0.236 e. The highest BCUT2D eigenvalue weighted by atomic mass is 16.4. The van der Waals surface area contributed by atoms with E-state index >= 15 is 0 Å². The van der Waals surface area contributed by atoms with Crippen molar-refractivity contribution >= 4 is 11.7 Å². The standard InChI is InChI=1S/C12H23N3O3/c1-9(16)5-8-15(2)11(17)12(10(13)14-18)6-3-4-7-12/h9,16,18H,3-8H2,1-2H3,(H2,13,14). The molecule has 1 amide bonds. The Kier molecular flexibility index (Phi) is 4.95. The summed E-state index contributed by atoms with van der Waals surface area (Å²) >= 11 is 0. The second-order valence-corrected chi connectivity index (χ2v) is 5.14. The number of rotatable bonds is 5. The number of carbonyl (C=O) groups is 1. The zero-order valence-electron chi connectivity index (χ0n) is 11.1. The summed E-state index contributed by atoms with van der Waals surface area (Å²) in [5.41, 5.74) is 4.87. The maximum absolute atomic E-state index is 12.5. The molecule has 0 aromatic heterocycles.